The Hall–Kier alpha value is -0.260. The van der Waals surface area contributed by atoms with E-state index in [1.165, 1.54) is 12.0 Å². The maximum absolute atomic E-state index is 4.22. The van der Waals surface area contributed by atoms with Gasteiger partial charge in [-0.3, -0.25) is 0 Å². The lowest BCUT2D eigenvalue weighted by atomic mass is 9.68. The molecule has 1 atom stereocenters. The molecule has 0 radical (unpaired) electrons. The molecule has 0 spiro atoms. The Morgan fingerprint density at radius 1 is 1.25 bits per heavy atom. The lowest BCUT2D eigenvalue weighted by Gasteiger charge is -2.37. The second kappa shape index (κ2) is 4.11. The first-order valence-corrected chi connectivity index (χ1v) is 5.05. The van der Waals surface area contributed by atoms with E-state index in [-0.39, 0.29) is 0 Å². The van der Waals surface area contributed by atoms with Crippen molar-refractivity contribution < 1.29 is 0 Å². The molecule has 0 aliphatic carbocycles. The minimum atomic E-state index is 0.328. The summed E-state index contributed by atoms with van der Waals surface area (Å²) in [5.74, 6) is 1.30. The van der Waals surface area contributed by atoms with Crippen molar-refractivity contribution in [2.45, 2.75) is 48.0 Å². The smallest absolute Gasteiger partial charge is 0.00961 e. The minimum Gasteiger partial charge on any atom is -0.0990 e. The van der Waals surface area contributed by atoms with Gasteiger partial charge in [-0.2, -0.15) is 0 Å². The van der Waals surface area contributed by atoms with E-state index in [9.17, 15) is 0 Å². The van der Waals surface area contributed by atoms with Crippen LogP contribution < -0.4 is 0 Å². The first kappa shape index (κ1) is 11.7. The second-order valence-electron chi connectivity index (χ2n) is 4.61. The zero-order chi connectivity index (χ0) is 9.94. The van der Waals surface area contributed by atoms with Gasteiger partial charge in [0, 0.05) is 0 Å². The van der Waals surface area contributed by atoms with Gasteiger partial charge in [-0.05, 0) is 23.7 Å². The molecule has 0 rings (SSSR count). The van der Waals surface area contributed by atoms with Gasteiger partial charge in [-0.1, -0.05) is 53.7 Å². The average molecular weight is 168 g/mol. The quantitative estimate of drug-likeness (QED) is 0.550. The molecule has 0 N–H and O–H groups in total. The molecule has 0 bridgehead atoms. The van der Waals surface area contributed by atoms with E-state index in [1.807, 2.05) is 0 Å². The molecule has 0 aromatic rings. The maximum atomic E-state index is 4.22. The molecule has 0 aromatic carbocycles. The predicted octanol–water partition coefficient (Wildman–Crippen LogP) is 4.27. The molecule has 0 saturated heterocycles. The van der Waals surface area contributed by atoms with Crippen molar-refractivity contribution in [1.82, 2.24) is 0 Å². The van der Waals surface area contributed by atoms with Gasteiger partial charge >= 0.3 is 0 Å². The first-order valence-electron chi connectivity index (χ1n) is 5.05. The molecular formula is C12H24. The van der Waals surface area contributed by atoms with Crippen LogP contribution in [0.25, 0.3) is 0 Å². The fourth-order valence-corrected chi connectivity index (χ4v) is 1.67. The monoisotopic (exact) mass is 168 g/mol. The van der Waals surface area contributed by atoms with E-state index in [2.05, 4.69) is 48.1 Å². The molecule has 72 valence electrons. The van der Waals surface area contributed by atoms with Crippen molar-refractivity contribution in [2.24, 2.45) is 17.3 Å². The van der Waals surface area contributed by atoms with Crippen molar-refractivity contribution in [3.8, 4) is 0 Å². The normalized spacial score (nSPS) is 16.7. The summed E-state index contributed by atoms with van der Waals surface area (Å²) in [6, 6.07) is 0. The molecule has 0 aromatic heterocycles. The van der Waals surface area contributed by atoms with Crippen LogP contribution in [0.15, 0.2) is 12.2 Å². The Kier molecular flexibility index (Phi) is 4.02. The van der Waals surface area contributed by atoms with Gasteiger partial charge in [0.15, 0.2) is 0 Å². The lowest BCUT2D eigenvalue weighted by Crippen LogP contribution is -2.27. The third-order valence-corrected chi connectivity index (χ3v) is 3.44. The van der Waals surface area contributed by atoms with Crippen LogP contribution in [0, 0.1) is 17.3 Å². The van der Waals surface area contributed by atoms with Gasteiger partial charge in [-0.25, -0.2) is 0 Å². The highest BCUT2D eigenvalue weighted by atomic mass is 14.3. The number of allylic oxidation sites excluding steroid dienone is 1. The molecule has 0 aliphatic heterocycles. The second-order valence-corrected chi connectivity index (χ2v) is 4.61. The highest BCUT2D eigenvalue weighted by Gasteiger charge is 2.30. The van der Waals surface area contributed by atoms with E-state index in [1.54, 1.807) is 0 Å². The highest BCUT2D eigenvalue weighted by molar-refractivity contribution is 5.11. The largest absolute Gasteiger partial charge is 0.0990 e. The Morgan fingerprint density at radius 2 is 1.67 bits per heavy atom. The molecule has 0 heterocycles. The summed E-state index contributed by atoms with van der Waals surface area (Å²) in [5, 5.41) is 0. The SMILES string of the molecule is C=C(C(C)C)C(C)(CC)C(C)C. The van der Waals surface area contributed by atoms with Crippen molar-refractivity contribution in [2.75, 3.05) is 0 Å². The van der Waals surface area contributed by atoms with Crippen LogP contribution in [-0.4, -0.2) is 0 Å². The fraction of sp³-hybridized carbons (Fsp3) is 0.833. The van der Waals surface area contributed by atoms with Crippen molar-refractivity contribution >= 4 is 0 Å². The molecule has 12 heavy (non-hydrogen) atoms. The van der Waals surface area contributed by atoms with Crippen LogP contribution in [0.1, 0.15) is 48.0 Å². The van der Waals surface area contributed by atoms with Crippen LogP contribution in [0.4, 0.5) is 0 Å². The standard InChI is InChI=1S/C12H24/c1-8-12(7,10(4)5)11(6)9(2)3/h9-10H,6,8H2,1-5,7H3. The van der Waals surface area contributed by atoms with Gasteiger partial charge in [0.25, 0.3) is 0 Å². The highest BCUT2D eigenvalue weighted by Crippen LogP contribution is 2.40. The summed E-state index contributed by atoms with van der Waals surface area (Å²) < 4.78 is 0. The van der Waals surface area contributed by atoms with E-state index in [4.69, 9.17) is 0 Å². The minimum absolute atomic E-state index is 0.328. The van der Waals surface area contributed by atoms with Crippen LogP contribution in [-0.2, 0) is 0 Å². The van der Waals surface area contributed by atoms with E-state index in [0.717, 1.165) is 0 Å². The van der Waals surface area contributed by atoms with Crippen LogP contribution >= 0.6 is 0 Å². The Labute approximate surface area is 78.1 Å². The van der Waals surface area contributed by atoms with Gasteiger partial charge < -0.3 is 0 Å². The topological polar surface area (TPSA) is 0 Å². The lowest BCUT2D eigenvalue weighted by molar-refractivity contribution is 0.246. The molecule has 0 nitrogen and oxygen atoms in total. The van der Waals surface area contributed by atoms with Gasteiger partial charge in [-0.15, -0.1) is 0 Å². The molecule has 0 amide bonds. The van der Waals surface area contributed by atoms with Crippen molar-refractivity contribution in [3.05, 3.63) is 12.2 Å². The predicted molar refractivity (Wildman–Crippen MR) is 57.2 cm³/mol. The van der Waals surface area contributed by atoms with Crippen LogP contribution in [0.5, 0.6) is 0 Å². The number of rotatable bonds is 4. The summed E-state index contributed by atoms with van der Waals surface area (Å²) >= 11 is 0. The van der Waals surface area contributed by atoms with Crippen LogP contribution in [0.2, 0.25) is 0 Å². The Morgan fingerprint density at radius 3 is 1.75 bits per heavy atom. The zero-order valence-corrected chi connectivity index (χ0v) is 9.57. The maximum Gasteiger partial charge on any atom is -0.00961 e. The third kappa shape index (κ3) is 2.12. The van der Waals surface area contributed by atoms with Crippen molar-refractivity contribution in [1.29, 1.82) is 0 Å². The molecule has 0 fully saturated rings. The van der Waals surface area contributed by atoms with Crippen molar-refractivity contribution in [3.63, 3.8) is 0 Å². The average Bonchev–Trinajstić information content (AvgIpc) is 2.01. The summed E-state index contributed by atoms with van der Waals surface area (Å²) in [4.78, 5) is 0. The summed E-state index contributed by atoms with van der Waals surface area (Å²) in [6.45, 7) is 17.9. The molecule has 1 unspecified atom stereocenters. The summed E-state index contributed by atoms with van der Waals surface area (Å²) in [5.41, 5.74) is 1.73. The number of hydrogen-bond donors (Lipinski definition) is 0. The summed E-state index contributed by atoms with van der Waals surface area (Å²) in [7, 11) is 0. The molecule has 0 aliphatic rings. The number of hydrogen-bond acceptors (Lipinski definition) is 0. The van der Waals surface area contributed by atoms with Gasteiger partial charge in [0.2, 0.25) is 0 Å². The van der Waals surface area contributed by atoms with E-state index < -0.39 is 0 Å². The fourth-order valence-electron chi connectivity index (χ4n) is 1.67. The first-order chi connectivity index (χ1) is 5.36. The molecule has 0 saturated carbocycles. The molecule has 0 heteroatoms. The molecular weight excluding hydrogens is 144 g/mol. The van der Waals surface area contributed by atoms with Crippen LogP contribution in [0.3, 0.4) is 0 Å². The Bertz CT molecular complexity index is 153. The van der Waals surface area contributed by atoms with E-state index >= 15 is 0 Å². The van der Waals surface area contributed by atoms with Gasteiger partial charge in [0.1, 0.15) is 0 Å². The summed E-state index contributed by atoms with van der Waals surface area (Å²) in [6.07, 6.45) is 1.20. The zero-order valence-electron chi connectivity index (χ0n) is 9.57. The Balaban J connectivity index is 4.64. The third-order valence-electron chi connectivity index (χ3n) is 3.44. The van der Waals surface area contributed by atoms with Gasteiger partial charge in [0.05, 0.1) is 0 Å². The van der Waals surface area contributed by atoms with E-state index in [0.29, 0.717) is 17.3 Å².